The Kier molecular flexibility index (Phi) is 5.03. The molecule has 0 atom stereocenters. The fourth-order valence-electron chi connectivity index (χ4n) is 2.55. The molecule has 0 spiro atoms. The van der Waals surface area contributed by atoms with Crippen molar-refractivity contribution in [2.24, 2.45) is 5.73 Å². The Labute approximate surface area is 151 Å². The number of benzene rings is 2. The smallest absolute Gasteiger partial charge is 0.257 e. The number of methoxy groups -OCH3 is 1. The largest absolute Gasteiger partial charge is 0.497 e. The number of nitrogens with one attached hydrogen (secondary N) is 1. The van der Waals surface area contributed by atoms with Crippen LogP contribution in [0, 0.1) is 0 Å². The minimum atomic E-state index is -0.293. The number of hydrogen-bond donors (Lipinski definition) is 2. The van der Waals surface area contributed by atoms with E-state index >= 15 is 0 Å². The minimum Gasteiger partial charge on any atom is -0.497 e. The van der Waals surface area contributed by atoms with E-state index < -0.39 is 0 Å². The van der Waals surface area contributed by atoms with E-state index in [1.807, 2.05) is 54.6 Å². The summed E-state index contributed by atoms with van der Waals surface area (Å²) < 4.78 is 10.6. The molecule has 6 nitrogen and oxygen atoms in total. The molecule has 0 fully saturated rings. The molecular formula is C20H19N3O3. The number of nitrogens with zero attached hydrogens (tertiary/aromatic N) is 1. The first-order chi connectivity index (χ1) is 12.6. The van der Waals surface area contributed by atoms with E-state index in [2.05, 4.69) is 10.5 Å². The standard InChI is InChI=1S/C20H19N3O3/c1-22-20(24)18-17(26-23-19(18)14-6-4-3-5-7-14)12-16(21)13-8-10-15(25-2)11-9-13/h3-12H,21H2,1-2H3,(H,22,24). The van der Waals surface area contributed by atoms with Crippen LogP contribution in [0.15, 0.2) is 59.1 Å². The molecule has 0 aliphatic rings. The van der Waals surface area contributed by atoms with E-state index in [4.69, 9.17) is 15.0 Å². The monoisotopic (exact) mass is 349 g/mol. The number of ether oxygens (including phenoxy) is 1. The number of amides is 1. The molecule has 132 valence electrons. The van der Waals surface area contributed by atoms with Crippen LogP contribution < -0.4 is 15.8 Å². The summed E-state index contributed by atoms with van der Waals surface area (Å²) in [6.45, 7) is 0. The number of hydrogen-bond acceptors (Lipinski definition) is 5. The van der Waals surface area contributed by atoms with Crippen LogP contribution >= 0.6 is 0 Å². The van der Waals surface area contributed by atoms with Crippen molar-refractivity contribution >= 4 is 17.7 Å². The van der Waals surface area contributed by atoms with Crippen molar-refractivity contribution in [2.75, 3.05) is 14.2 Å². The van der Waals surface area contributed by atoms with Crippen LogP contribution in [-0.2, 0) is 0 Å². The Hall–Kier alpha value is -3.54. The van der Waals surface area contributed by atoms with Gasteiger partial charge in [-0.25, -0.2) is 0 Å². The van der Waals surface area contributed by atoms with E-state index in [1.165, 1.54) is 0 Å². The molecule has 26 heavy (non-hydrogen) atoms. The van der Waals surface area contributed by atoms with E-state index in [1.54, 1.807) is 20.2 Å². The zero-order valence-corrected chi connectivity index (χ0v) is 14.5. The van der Waals surface area contributed by atoms with Crippen molar-refractivity contribution in [3.63, 3.8) is 0 Å². The first-order valence-electron chi connectivity index (χ1n) is 8.02. The maximum absolute atomic E-state index is 12.4. The number of carbonyl (C=O) groups excluding carboxylic acids is 1. The SMILES string of the molecule is CNC(=O)c1c(-c2ccccc2)noc1C=C(N)c1ccc(OC)cc1. The summed E-state index contributed by atoms with van der Waals surface area (Å²) in [5.74, 6) is 0.744. The van der Waals surface area contributed by atoms with Crippen LogP contribution in [0.1, 0.15) is 21.7 Å². The van der Waals surface area contributed by atoms with Gasteiger partial charge in [-0.05, 0) is 29.8 Å². The predicted molar refractivity (Wildman–Crippen MR) is 100 cm³/mol. The summed E-state index contributed by atoms with van der Waals surface area (Å²) >= 11 is 0. The summed E-state index contributed by atoms with van der Waals surface area (Å²) in [5, 5.41) is 6.69. The first-order valence-corrected chi connectivity index (χ1v) is 8.02. The van der Waals surface area contributed by atoms with Crippen molar-refractivity contribution in [3.05, 3.63) is 71.5 Å². The number of rotatable bonds is 5. The number of aromatic nitrogens is 1. The van der Waals surface area contributed by atoms with E-state index in [-0.39, 0.29) is 5.91 Å². The quantitative estimate of drug-likeness (QED) is 0.738. The molecule has 1 aromatic heterocycles. The Morgan fingerprint density at radius 1 is 1.15 bits per heavy atom. The van der Waals surface area contributed by atoms with Crippen LogP contribution in [0.25, 0.3) is 23.0 Å². The van der Waals surface area contributed by atoms with Crippen molar-refractivity contribution in [2.45, 2.75) is 0 Å². The van der Waals surface area contributed by atoms with Gasteiger partial charge in [0.25, 0.3) is 5.91 Å². The highest BCUT2D eigenvalue weighted by Gasteiger charge is 2.22. The highest BCUT2D eigenvalue weighted by atomic mass is 16.5. The number of carbonyl (C=O) groups is 1. The molecule has 0 saturated carbocycles. The molecule has 3 rings (SSSR count). The van der Waals surface area contributed by atoms with Crippen LogP contribution in [0.2, 0.25) is 0 Å². The summed E-state index contributed by atoms with van der Waals surface area (Å²) in [7, 11) is 3.16. The third kappa shape index (κ3) is 3.44. The van der Waals surface area contributed by atoms with E-state index in [9.17, 15) is 4.79 Å². The molecule has 1 amide bonds. The molecule has 1 heterocycles. The van der Waals surface area contributed by atoms with Gasteiger partial charge >= 0.3 is 0 Å². The predicted octanol–water partition coefficient (Wildman–Crippen LogP) is 3.17. The Balaban J connectivity index is 2.04. The molecule has 6 heteroatoms. The number of nitrogens with two attached hydrogens (primary N) is 1. The lowest BCUT2D eigenvalue weighted by Gasteiger charge is -2.04. The highest BCUT2D eigenvalue weighted by molar-refractivity contribution is 6.03. The third-order valence-electron chi connectivity index (χ3n) is 3.93. The molecule has 0 bridgehead atoms. The van der Waals surface area contributed by atoms with Gasteiger partial charge in [-0.2, -0.15) is 0 Å². The Morgan fingerprint density at radius 2 is 1.85 bits per heavy atom. The second-order valence-electron chi connectivity index (χ2n) is 5.54. The van der Waals surface area contributed by atoms with Crippen molar-refractivity contribution in [1.82, 2.24) is 10.5 Å². The Bertz CT molecular complexity index is 929. The zero-order chi connectivity index (χ0) is 18.5. The minimum absolute atomic E-state index is 0.293. The van der Waals surface area contributed by atoms with E-state index in [0.717, 1.165) is 16.9 Å². The molecule has 3 N–H and O–H groups in total. The summed E-state index contributed by atoms with van der Waals surface area (Å²) in [5.41, 5.74) is 9.02. The molecular weight excluding hydrogens is 330 g/mol. The normalized spacial score (nSPS) is 11.2. The summed E-state index contributed by atoms with van der Waals surface area (Å²) in [4.78, 5) is 12.4. The van der Waals surface area contributed by atoms with Gasteiger partial charge in [-0.3, -0.25) is 4.79 Å². The van der Waals surface area contributed by atoms with Gasteiger partial charge in [0.15, 0.2) is 5.76 Å². The molecule has 0 radical (unpaired) electrons. The van der Waals surface area contributed by atoms with E-state index in [0.29, 0.717) is 22.7 Å². The fraction of sp³-hybridized carbons (Fsp3) is 0.100. The lowest BCUT2D eigenvalue weighted by molar-refractivity contribution is 0.0963. The van der Waals surface area contributed by atoms with Crippen LogP contribution in [0.5, 0.6) is 5.75 Å². The van der Waals surface area contributed by atoms with Crippen molar-refractivity contribution < 1.29 is 14.1 Å². The maximum Gasteiger partial charge on any atom is 0.257 e. The van der Waals surface area contributed by atoms with Gasteiger partial charge in [0.1, 0.15) is 17.0 Å². The van der Waals surface area contributed by atoms with Gasteiger partial charge in [0.05, 0.1) is 7.11 Å². The second-order valence-corrected chi connectivity index (χ2v) is 5.54. The Morgan fingerprint density at radius 3 is 2.46 bits per heavy atom. The lowest BCUT2D eigenvalue weighted by atomic mass is 10.0. The van der Waals surface area contributed by atoms with Gasteiger partial charge in [0, 0.05) is 24.4 Å². The van der Waals surface area contributed by atoms with Crippen molar-refractivity contribution in [1.29, 1.82) is 0 Å². The molecule has 0 aliphatic carbocycles. The topological polar surface area (TPSA) is 90.4 Å². The lowest BCUT2D eigenvalue weighted by Crippen LogP contribution is -2.19. The average Bonchev–Trinajstić information content (AvgIpc) is 3.11. The van der Waals surface area contributed by atoms with Gasteiger partial charge < -0.3 is 20.3 Å². The fourth-order valence-corrected chi connectivity index (χ4v) is 2.55. The first kappa shape index (κ1) is 17.3. The molecule has 0 aliphatic heterocycles. The van der Waals surface area contributed by atoms with Crippen LogP contribution in [0.3, 0.4) is 0 Å². The van der Waals surface area contributed by atoms with Gasteiger partial charge in [0.2, 0.25) is 0 Å². The van der Waals surface area contributed by atoms with Crippen LogP contribution in [0.4, 0.5) is 0 Å². The van der Waals surface area contributed by atoms with Gasteiger partial charge in [-0.15, -0.1) is 0 Å². The summed E-state index contributed by atoms with van der Waals surface area (Å²) in [6.07, 6.45) is 1.60. The third-order valence-corrected chi connectivity index (χ3v) is 3.93. The van der Waals surface area contributed by atoms with Gasteiger partial charge in [-0.1, -0.05) is 35.5 Å². The average molecular weight is 349 g/mol. The van der Waals surface area contributed by atoms with Crippen LogP contribution in [-0.4, -0.2) is 25.2 Å². The van der Waals surface area contributed by atoms with Crippen molar-refractivity contribution in [3.8, 4) is 17.0 Å². The maximum atomic E-state index is 12.4. The summed E-state index contributed by atoms with van der Waals surface area (Å²) in [6, 6.07) is 16.7. The molecule has 0 saturated heterocycles. The molecule has 2 aromatic carbocycles. The highest BCUT2D eigenvalue weighted by Crippen LogP contribution is 2.28. The second kappa shape index (κ2) is 7.57. The zero-order valence-electron chi connectivity index (χ0n) is 14.5. The molecule has 0 unspecified atom stereocenters. The molecule has 3 aromatic rings.